The number of aliphatic imine (C=N–C) groups is 1. The summed E-state index contributed by atoms with van der Waals surface area (Å²) in [7, 11) is 0. The predicted molar refractivity (Wildman–Crippen MR) is 78.0 cm³/mol. The van der Waals surface area contributed by atoms with Crippen LogP contribution in [0.5, 0.6) is 0 Å². The summed E-state index contributed by atoms with van der Waals surface area (Å²) < 4.78 is 0. The van der Waals surface area contributed by atoms with E-state index in [1.165, 1.54) is 12.5 Å². The molecule has 0 radical (unpaired) electrons. The number of benzene rings is 1. The second-order valence-electron chi connectivity index (χ2n) is 4.49. The molecule has 0 amide bonds. The van der Waals surface area contributed by atoms with Crippen molar-refractivity contribution in [3.8, 4) is 0 Å². The lowest BCUT2D eigenvalue weighted by atomic mass is 10.0. The topological polar surface area (TPSA) is 29.4 Å². The third-order valence-electron chi connectivity index (χ3n) is 2.30. The molecular formula is C16H19NO. The molecule has 0 aliphatic heterocycles. The van der Waals surface area contributed by atoms with Crippen molar-refractivity contribution < 1.29 is 4.79 Å². The number of hydrogen-bond donors (Lipinski definition) is 0. The van der Waals surface area contributed by atoms with Crippen molar-refractivity contribution in [3.63, 3.8) is 0 Å². The van der Waals surface area contributed by atoms with Crippen LogP contribution in [-0.2, 0) is 4.79 Å². The van der Waals surface area contributed by atoms with Gasteiger partial charge in [-0.1, -0.05) is 48.1 Å². The number of carbonyl (C=O) groups excluding carboxylic acids is 1. The van der Waals surface area contributed by atoms with Crippen LogP contribution in [0.1, 0.15) is 25.0 Å². The highest BCUT2D eigenvalue weighted by Gasteiger charge is 1.99. The fourth-order valence-electron chi connectivity index (χ4n) is 1.56. The van der Waals surface area contributed by atoms with Crippen molar-refractivity contribution in [2.24, 2.45) is 4.99 Å². The second kappa shape index (κ2) is 6.70. The van der Waals surface area contributed by atoms with Crippen LogP contribution >= 0.6 is 0 Å². The fourth-order valence-corrected chi connectivity index (χ4v) is 1.56. The molecule has 0 fully saturated rings. The third-order valence-corrected chi connectivity index (χ3v) is 2.30. The smallest absolute Gasteiger partial charge is 0.151 e. The van der Waals surface area contributed by atoms with E-state index >= 15 is 0 Å². The molecule has 1 aromatic rings. The minimum atomic E-state index is 0.0603. The Balaban J connectivity index is 3.03. The van der Waals surface area contributed by atoms with Gasteiger partial charge in [0.15, 0.2) is 5.78 Å². The summed E-state index contributed by atoms with van der Waals surface area (Å²) in [6.07, 6.45) is 3.71. The molecule has 0 N–H and O–H groups in total. The molecule has 18 heavy (non-hydrogen) atoms. The molecular weight excluding hydrogens is 222 g/mol. The molecule has 0 spiro atoms. The van der Waals surface area contributed by atoms with Crippen molar-refractivity contribution in [2.75, 3.05) is 6.54 Å². The molecule has 0 aliphatic rings. The molecule has 0 heterocycles. The van der Waals surface area contributed by atoms with Gasteiger partial charge in [-0.15, -0.1) is 0 Å². The maximum Gasteiger partial charge on any atom is 0.151 e. The Morgan fingerprint density at radius 2 is 2.11 bits per heavy atom. The van der Waals surface area contributed by atoms with E-state index in [0.717, 1.165) is 16.7 Å². The second-order valence-corrected chi connectivity index (χ2v) is 4.49. The van der Waals surface area contributed by atoms with Crippen molar-refractivity contribution in [3.05, 3.63) is 53.6 Å². The third kappa shape index (κ3) is 4.91. The minimum Gasteiger partial charge on any atom is -0.298 e. The molecule has 0 atom stereocenters. The van der Waals surface area contributed by atoms with E-state index in [1.54, 1.807) is 6.21 Å². The standard InChI is InChI=1S/C16H19NO/c1-12(2)8-16(11-17-10-14(4)18)15-7-5-6-13(3)9-15/h5-9,11H,1,10H2,2-4H3/b16-8+,17-11-. The van der Waals surface area contributed by atoms with Crippen LogP contribution in [0, 0.1) is 6.92 Å². The quantitative estimate of drug-likeness (QED) is 0.572. The summed E-state index contributed by atoms with van der Waals surface area (Å²) in [5, 5.41) is 0. The number of allylic oxidation sites excluding steroid dienone is 3. The Hall–Kier alpha value is -1.96. The summed E-state index contributed by atoms with van der Waals surface area (Å²) in [6.45, 7) is 9.63. The minimum absolute atomic E-state index is 0.0603. The van der Waals surface area contributed by atoms with E-state index in [-0.39, 0.29) is 12.3 Å². The van der Waals surface area contributed by atoms with Crippen molar-refractivity contribution in [1.82, 2.24) is 0 Å². The van der Waals surface area contributed by atoms with E-state index in [9.17, 15) is 4.79 Å². The first kappa shape index (κ1) is 14.1. The zero-order chi connectivity index (χ0) is 13.5. The van der Waals surface area contributed by atoms with Gasteiger partial charge in [0.2, 0.25) is 0 Å². The Kier molecular flexibility index (Phi) is 5.25. The SMILES string of the molecule is C=C(C)/C=C(\C=N/CC(C)=O)c1cccc(C)c1. The number of Topliss-reactive ketones (excluding diaryl/α,β-unsaturated/α-hetero) is 1. The van der Waals surface area contributed by atoms with Gasteiger partial charge in [0, 0.05) is 6.21 Å². The molecule has 1 rings (SSSR count). The summed E-state index contributed by atoms with van der Waals surface area (Å²) >= 11 is 0. The molecule has 1 aromatic carbocycles. The van der Waals surface area contributed by atoms with Gasteiger partial charge in [-0.2, -0.15) is 0 Å². The molecule has 94 valence electrons. The first-order valence-electron chi connectivity index (χ1n) is 5.92. The van der Waals surface area contributed by atoms with Crippen LogP contribution < -0.4 is 0 Å². The summed E-state index contributed by atoms with van der Waals surface area (Å²) in [4.78, 5) is 15.0. The largest absolute Gasteiger partial charge is 0.298 e. The molecule has 0 saturated heterocycles. The predicted octanol–water partition coefficient (Wildman–Crippen LogP) is 3.61. The van der Waals surface area contributed by atoms with E-state index < -0.39 is 0 Å². The Labute approximate surface area is 109 Å². The van der Waals surface area contributed by atoms with Crippen LogP contribution in [0.25, 0.3) is 5.57 Å². The average Bonchev–Trinajstić information content (AvgIpc) is 2.26. The number of hydrogen-bond acceptors (Lipinski definition) is 2. The van der Waals surface area contributed by atoms with Gasteiger partial charge < -0.3 is 0 Å². The maximum atomic E-state index is 10.9. The molecule has 0 aliphatic carbocycles. The van der Waals surface area contributed by atoms with Crippen LogP contribution in [0.2, 0.25) is 0 Å². The molecule has 2 heteroatoms. The molecule has 0 bridgehead atoms. The van der Waals surface area contributed by atoms with E-state index in [0.29, 0.717) is 0 Å². The van der Waals surface area contributed by atoms with Gasteiger partial charge in [-0.25, -0.2) is 0 Å². The summed E-state index contributed by atoms with van der Waals surface area (Å²) in [6, 6.07) is 8.18. The molecule has 0 saturated carbocycles. The highest BCUT2D eigenvalue weighted by molar-refractivity contribution is 6.10. The number of aryl methyl sites for hydroxylation is 1. The molecule has 0 unspecified atom stereocenters. The van der Waals surface area contributed by atoms with E-state index in [2.05, 4.69) is 30.6 Å². The lowest BCUT2D eigenvalue weighted by Gasteiger charge is -2.04. The van der Waals surface area contributed by atoms with Gasteiger partial charge in [0.05, 0.1) is 6.54 Å². The first-order chi connectivity index (χ1) is 8.49. The first-order valence-corrected chi connectivity index (χ1v) is 5.92. The average molecular weight is 241 g/mol. The van der Waals surface area contributed by atoms with Gasteiger partial charge in [0.25, 0.3) is 0 Å². The monoisotopic (exact) mass is 241 g/mol. The Morgan fingerprint density at radius 3 is 2.67 bits per heavy atom. The van der Waals surface area contributed by atoms with Gasteiger partial charge in [-0.3, -0.25) is 9.79 Å². The van der Waals surface area contributed by atoms with Crippen LogP contribution in [0.15, 0.2) is 47.5 Å². The Bertz CT molecular complexity index is 510. The fraction of sp³-hybridized carbons (Fsp3) is 0.250. The van der Waals surface area contributed by atoms with Crippen LogP contribution in [0.3, 0.4) is 0 Å². The van der Waals surface area contributed by atoms with Crippen molar-refractivity contribution >= 4 is 17.6 Å². The van der Waals surface area contributed by atoms with Gasteiger partial charge in [-0.05, 0) is 31.9 Å². The highest BCUT2D eigenvalue weighted by Crippen LogP contribution is 2.16. The van der Waals surface area contributed by atoms with Gasteiger partial charge in [0.1, 0.15) is 0 Å². The van der Waals surface area contributed by atoms with Crippen LogP contribution in [-0.4, -0.2) is 18.5 Å². The van der Waals surface area contributed by atoms with E-state index in [4.69, 9.17) is 0 Å². The number of rotatable bonds is 5. The number of carbonyl (C=O) groups is 1. The molecule has 0 aromatic heterocycles. The highest BCUT2D eigenvalue weighted by atomic mass is 16.1. The zero-order valence-electron chi connectivity index (χ0n) is 11.2. The zero-order valence-corrected chi connectivity index (χ0v) is 11.2. The maximum absolute atomic E-state index is 10.9. The van der Waals surface area contributed by atoms with Crippen molar-refractivity contribution in [2.45, 2.75) is 20.8 Å². The van der Waals surface area contributed by atoms with E-state index in [1.807, 2.05) is 25.1 Å². The van der Waals surface area contributed by atoms with Crippen molar-refractivity contribution in [1.29, 1.82) is 0 Å². The molecule has 2 nitrogen and oxygen atoms in total. The Morgan fingerprint density at radius 1 is 1.39 bits per heavy atom. The number of nitrogens with zero attached hydrogens (tertiary/aromatic N) is 1. The summed E-state index contributed by atoms with van der Waals surface area (Å²) in [5.41, 5.74) is 4.22. The number of ketones is 1. The van der Waals surface area contributed by atoms with Gasteiger partial charge >= 0.3 is 0 Å². The lowest BCUT2D eigenvalue weighted by molar-refractivity contribution is -0.115. The summed E-state index contributed by atoms with van der Waals surface area (Å²) in [5.74, 6) is 0.0603. The lowest BCUT2D eigenvalue weighted by Crippen LogP contribution is -1.96. The van der Waals surface area contributed by atoms with Crippen LogP contribution in [0.4, 0.5) is 0 Å². The normalized spacial score (nSPS) is 11.8.